The number of nitrogens with one attached hydrogen (secondary N) is 2. The van der Waals surface area contributed by atoms with Gasteiger partial charge in [0, 0.05) is 30.7 Å². The molecule has 29 heavy (non-hydrogen) atoms. The summed E-state index contributed by atoms with van der Waals surface area (Å²) in [7, 11) is 0. The molecule has 1 heterocycles. The van der Waals surface area contributed by atoms with Crippen LogP contribution < -0.4 is 10.6 Å². The molecule has 1 saturated heterocycles. The number of hydrogen-bond donors (Lipinski definition) is 3. The third-order valence-electron chi connectivity index (χ3n) is 3.89. The molecule has 1 fully saturated rings. The largest absolute Gasteiger partial charge is 0.465 e. The van der Waals surface area contributed by atoms with Crippen molar-refractivity contribution in [3.63, 3.8) is 0 Å². The van der Waals surface area contributed by atoms with Gasteiger partial charge in [0.15, 0.2) is 11.2 Å². The molecule has 0 aromatic carbocycles. The van der Waals surface area contributed by atoms with E-state index in [0.717, 1.165) is 11.8 Å². The van der Waals surface area contributed by atoms with Gasteiger partial charge < -0.3 is 25.2 Å². The van der Waals surface area contributed by atoms with Crippen LogP contribution in [0.1, 0.15) is 40.0 Å². The van der Waals surface area contributed by atoms with Crippen molar-refractivity contribution in [2.75, 3.05) is 25.4 Å². The highest BCUT2D eigenvalue weighted by Gasteiger charge is 2.40. The van der Waals surface area contributed by atoms with Gasteiger partial charge in [-0.25, -0.2) is 0 Å². The number of carbonyl (C=O) groups is 5. The summed E-state index contributed by atoms with van der Waals surface area (Å²) in [5.41, 5.74) is -1.12. The minimum Gasteiger partial charge on any atom is -0.465 e. The molecule has 0 aliphatic carbocycles. The third-order valence-corrected chi connectivity index (χ3v) is 4.77. The molecule has 1 aliphatic rings. The summed E-state index contributed by atoms with van der Waals surface area (Å²) >= 11 is 0.916. The number of ether oxygens (including phenoxy) is 2. The Morgan fingerprint density at radius 2 is 1.97 bits per heavy atom. The molecule has 2 atom stereocenters. The molecule has 0 saturated carbocycles. The standard InChI is InChI=1S/C18H28N2O8S/c1-11(21)8-14(24)28-16-17(26)20-5-4-12(22)19-6-7-29-15(25)9-13(23)27-10-18(16,2)3/h11,16,21H,4-10H2,1-3H3,(H,19,22)(H,20,26)/t11-,16+/m1/s1. The zero-order valence-corrected chi connectivity index (χ0v) is 17.6. The molecule has 0 aromatic rings. The van der Waals surface area contributed by atoms with Gasteiger partial charge >= 0.3 is 11.9 Å². The van der Waals surface area contributed by atoms with Gasteiger partial charge in [0.1, 0.15) is 13.0 Å². The van der Waals surface area contributed by atoms with E-state index in [1.54, 1.807) is 13.8 Å². The van der Waals surface area contributed by atoms with Crippen molar-refractivity contribution < 1.29 is 38.6 Å². The molecular weight excluding hydrogens is 404 g/mol. The highest BCUT2D eigenvalue weighted by molar-refractivity contribution is 8.13. The van der Waals surface area contributed by atoms with Gasteiger partial charge in [0.05, 0.1) is 12.5 Å². The van der Waals surface area contributed by atoms with E-state index in [1.807, 2.05) is 0 Å². The Kier molecular flexibility index (Phi) is 10.1. The molecule has 0 spiro atoms. The highest BCUT2D eigenvalue weighted by atomic mass is 32.2. The van der Waals surface area contributed by atoms with Gasteiger partial charge in [0.2, 0.25) is 5.91 Å². The first-order valence-electron chi connectivity index (χ1n) is 9.24. The van der Waals surface area contributed by atoms with E-state index in [0.29, 0.717) is 5.75 Å². The SMILES string of the molecule is C[C@@H](O)CC(=O)O[C@H]1C(=O)NCCC(=O)NCCSC(=O)CC(=O)OCC1(C)C. The normalized spacial score (nSPS) is 23.4. The number of carbonyl (C=O) groups excluding carboxylic acids is 5. The van der Waals surface area contributed by atoms with Crippen LogP contribution in [0.3, 0.4) is 0 Å². The third kappa shape index (κ3) is 9.75. The molecule has 10 nitrogen and oxygen atoms in total. The van der Waals surface area contributed by atoms with Crippen molar-refractivity contribution in [1.29, 1.82) is 0 Å². The Hall–Kier alpha value is -2.14. The second-order valence-electron chi connectivity index (χ2n) is 7.36. The van der Waals surface area contributed by atoms with Crippen LogP contribution in [0.5, 0.6) is 0 Å². The molecular formula is C18H28N2O8S. The maximum Gasteiger partial charge on any atom is 0.314 e. The lowest BCUT2D eigenvalue weighted by molar-refractivity contribution is -0.170. The van der Waals surface area contributed by atoms with Crippen molar-refractivity contribution >= 4 is 40.6 Å². The molecule has 1 rings (SSSR count). The molecule has 3 N–H and O–H groups in total. The Balaban J connectivity index is 2.95. The number of hydrogen-bond acceptors (Lipinski definition) is 9. The zero-order valence-electron chi connectivity index (χ0n) is 16.8. The summed E-state index contributed by atoms with van der Waals surface area (Å²) in [6.45, 7) is 4.51. The summed E-state index contributed by atoms with van der Waals surface area (Å²) in [5, 5.41) is 14.1. The zero-order chi connectivity index (χ0) is 22.0. The number of rotatable bonds is 3. The molecule has 0 unspecified atom stereocenters. The van der Waals surface area contributed by atoms with E-state index in [2.05, 4.69) is 10.6 Å². The number of aliphatic hydroxyl groups excluding tert-OH is 1. The lowest BCUT2D eigenvalue weighted by Gasteiger charge is -2.32. The van der Waals surface area contributed by atoms with E-state index < -0.39 is 47.0 Å². The molecule has 0 bridgehead atoms. The molecule has 1 aliphatic heterocycles. The van der Waals surface area contributed by atoms with E-state index in [1.165, 1.54) is 6.92 Å². The van der Waals surface area contributed by atoms with E-state index in [-0.39, 0.29) is 38.4 Å². The van der Waals surface area contributed by atoms with Crippen LogP contribution in [0.15, 0.2) is 0 Å². The number of cyclic esters (lactones) is 1. The smallest absolute Gasteiger partial charge is 0.314 e. The molecule has 164 valence electrons. The van der Waals surface area contributed by atoms with Crippen molar-refractivity contribution in [3.8, 4) is 0 Å². The van der Waals surface area contributed by atoms with Crippen LogP contribution >= 0.6 is 11.8 Å². The van der Waals surface area contributed by atoms with Gasteiger partial charge in [-0.1, -0.05) is 25.6 Å². The maximum atomic E-state index is 12.6. The lowest BCUT2D eigenvalue weighted by Crippen LogP contribution is -2.49. The first-order chi connectivity index (χ1) is 13.5. The first kappa shape index (κ1) is 24.9. The van der Waals surface area contributed by atoms with Gasteiger partial charge in [-0.05, 0) is 6.92 Å². The molecule has 11 heteroatoms. The maximum absolute atomic E-state index is 12.6. The minimum absolute atomic E-state index is 0.00804. The van der Waals surface area contributed by atoms with Crippen molar-refractivity contribution in [2.45, 2.75) is 52.2 Å². The molecule has 0 aromatic heterocycles. The average Bonchev–Trinajstić information content (AvgIpc) is 2.60. The average molecular weight is 432 g/mol. The van der Waals surface area contributed by atoms with Crippen molar-refractivity contribution in [1.82, 2.24) is 10.6 Å². The summed E-state index contributed by atoms with van der Waals surface area (Å²) in [4.78, 5) is 60.1. The molecule has 0 radical (unpaired) electrons. The molecule has 2 amide bonds. The highest BCUT2D eigenvalue weighted by Crippen LogP contribution is 2.25. The lowest BCUT2D eigenvalue weighted by atomic mass is 9.86. The predicted molar refractivity (Wildman–Crippen MR) is 104 cm³/mol. The Morgan fingerprint density at radius 1 is 1.28 bits per heavy atom. The summed E-state index contributed by atoms with van der Waals surface area (Å²) in [5.74, 6) is -2.21. The minimum atomic E-state index is -1.33. The van der Waals surface area contributed by atoms with Crippen molar-refractivity contribution in [3.05, 3.63) is 0 Å². The Labute approximate surface area is 173 Å². The topological polar surface area (TPSA) is 148 Å². The van der Waals surface area contributed by atoms with Crippen LogP contribution in [-0.4, -0.2) is 71.6 Å². The fourth-order valence-corrected chi connectivity index (χ4v) is 3.04. The number of aliphatic hydroxyl groups is 1. The number of thioether (sulfide) groups is 1. The Bertz CT molecular complexity index is 635. The van der Waals surface area contributed by atoms with Crippen LogP contribution in [0.2, 0.25) is 0 Å². The van der Waals surface area contributed by atoms with Gasteiger partial charge in [0.25, 0.3) is 5.91 Å². The van der Waals surface area contributed by atoms with E-state index in [4.69, 9.17) is 9.47 Å². The number of amides is 2. The van der Waals surface area contributed by atoms with Crippen LogP contribution in [0.25, 0.3) is 0 Å². The summed E-state index contributed by atoms with van der Waals surface area (Å²) in [6.07, 6.45) is -3.04. The van der Waals surface area contributed by atoms with Crippen LogP contribution in [-0.2, 0) is 33.4 Å². The second kappa shape index (κ2) is 11.8. The van der Waals surface area contributed by atoms with E-state index >= 15 is 0 Å². The first-order valence-corrected chi connectivity index (χ1v) is 10.2. The van der Waals surface area contributed by atoms with Crippen LogP contribution in [0.4, 0.5) is 0 Å². The second-order valence-corrected chi connectivity index (χ2v) is 8.51. The van der Waals surface area contributed by atoms with Gasteiger partial charge in [-0.15, -0.1) is 0 Å². The Morgan fingerprint density at radius 3 is 2.62 bits per heavy atom. The fraction of sp³-hybridized carbons (Fsp3) is 0.722. The summed E-state index contributed by atoms with van der Waals surface area (Å²) in [6, 6.07) is 0. The van der Waals surface area contributed by atoms with E-state index in [9.17, 15) is 29.1 Å². The fourth-order valence-electron chi connectivity index (χ4n) is 2.39. The van der Waals surface area contributed by atoms with Crippen molar-refractivity contribution in [2.24, 2.45) is 5.41 Å². The monoisotopic (exact) mass is 432 g/mol. The number of esters is 2. The quantitative estimate of drug-likeness (QED) is 0.397. The van der Waals surface area contributed by atoms with Crippen LogP contribution in [0, 0.1) is 5.41 Å². The van der Waals surface area contributed by atoms with Gasteiger partial charge in [-0.3, -0.25) is 24.0 Å². The van der Waals surface area contributed by atoms with Gasteiger partial charge in [-0.2, -0.15) is 0 Å². The predicted octanol–water partition coefficient (Wildman–Crippen LogP) is -0.475. The summed E-state index contributed by atoms with van der Waals surface area (Å²) < 4.78 is 10.4.